The van der Waals surface area contributed by atoms with E-state index in [-0.39, 0.29) is 0 Å². The van der Waals surface area contributed by atoms with Gasteiger partial charge in [0.15, 0.2) is 5.69 Å². The molecular weight excluding hydrogens is 192 g/mol. The largest absolute Gasteiger partial charge is 0.316 e. The van der Waals surface area contributed by atoms with Crippen LogP contribution in [0, 0.1) is 0 Å². The molecule has 3 heteroatoms. The minimum absolute atomic E-state index is 1.13. The van der Waals surface area contributed by atoms with Gasteiger partial charge in [0, 0.05) is 11.3 Å². The zero-order valence-electron chi connectivity index (χ0n) is 7.73. The van der Waals surface area contributed by atoms with Gasteiger partial charge in [-0.15, -0.1) is 0 Å². The van der Waals surface area contributed by atoms with Crippen molar-refractivity contribution >= 4 is 11.8 Å². The number of H-pyrrole nitrogens is 1. The molecule has 0 saturated heterocycles. The summed E-state index contributed by atoms with van der Waals surface area (Å²) in [4.78, 5) is 3.44. The summed E-state index contributed by atoms with van der Waals surface area (Å²) in [6.45, 7) is 1.13. The highest BCUT2D eigenvalue weighted by Crippen LogP contribution is 2.22. The highest BCUT2D eigenvalue weighted by atomic mass is 32.2. The summed E-state index contributed by atoms with van der Waals surface area (Å²) >= 11 is 1.89. The van der Waals surface area contributed by atoms with Crippen molar-refractivity contribution in [3.63, 3.8) is 0 Å². The van der Waals surface area contributed by atoms with E-state index in [9.17, 15) is 0 Å². The van der Waals surface area contributed by atoms with Crippen LogP contribution in [0.3, 0.4) is 0 Å². The van der Waals surface area contributed by atoms with E-state index in [0.29, 0.717) is 0 Å². The fourth-order valence-corrected chi connectivity index (χ4v) is 2.70. The monoisotopic (exact) mass is 203 g/mol. The maximum atomic E-state index is 3.44. The number of thioether (sulfide) groups is 1. The van der Waals surface area contributed by atoms with Crippen molar-refractivity contribution in [3.8, 4) is 11.3 Å². The molecule has 0 unspecified atom stereocenters. The molecule has 0 amide bonds. The Hall–Kier alpha value is -1.22. The number of aromatic nitrogens is 2. The molecule has 0 atom stereocenters. The third kappa shape index (κ3) is 1.24. The van der Waals surface area contributed by atoms with Crippen molar-refractivity contribution in [1.82, 2.24) is 4.98 Å². The molecule has 0 radical (unpaired) electrons. The number of hydrogen-bond donors (Lipinski definition) is 1. The first-order valence-electron chi connectivity index (χ1n) is 4.74. The lowest BCUT2D eigenvalue weighted by Gasteiger charge is -1.90. The minimum atomic E-state index is 1.13. The summed E-state index contributed by atoms with van der Waals surface area (Å²) in [6, 6.07) is 10.4. The highest BCUT2D eigenvalue weighted by molar-refractivity contribution is 7.99. The maximum Gasteiger partial charge on any atom is 0.316 e. The van der Waals surface area contributed by atoms with E-state index in [2.05, 4.69) is 40.0 Å². The topological polar surface area (TPSA) is 19.7 Å². The Labute approximate surface area is 87.0 Å². The molecule has 0 spiro atoms. The lowest BCUT2D eigenvalue weighted by Crippen LogP contribution is -2.29. The van der Waals surface area contributed by atoms with E-state index in [1.54, 1.807) is 0 Å². The Morgan fingerprint density at radius 2 is 2.07 bits per heavy atom. The molecule has 0 bridgehead atoms. The van der Waals surface area contributed by atoms with E-state index in [1.807, 2.05) is 17.8 Å². The lowest BCUT2D eigenvalue weighted by atomic mass is 10.2. The summed E-state index contributed by atoms with van der Waals surface area (Å²) in [5.41, 5.74) is 2.47. The quantitative estimate of drug-likeness (QED) is 0.703. The molecule has 0 fully saturated rings. The summed E-state index contributed by atoms with van der Waals surface area (Å²) < 4.78 is 2.28. The predicted molar refractivity (Wildman–Crippen MR) is 57.1 cm³/mol. The normalized spacial score (nSPS) is 14.3. The maximum absolute atomic E-state index is 3.44. The van der Waals surface area contributed by atoms with Crippen molar-refractivity contribution in [2.24, 2.45) is 0 Å². The summed E-state index contributed by atoms with van der Waals surface area (Å²) in [5.74, 6) is 1.20. The van der Waals surface area contributed by atoms with Crippen LogP contribution in [0.5, 0.6) is 0 Å². The average molecular weight is 203 g/mol. The van der Waals surface area contributed by atoms with Crippen LogP contribution in [-0.2, 0) is 6.54 Å². The second-order valence-corrected chi connectivity index (χ2v) is 4.46. The molecule has 1 aliphatic heterocycles. The number of nitrogens with zero attached hydrogens (tertiary/aromatic N) is 1. The third-order valence-corrected chi connectivity index (χ3v) is 3.44. The number of nitrogens with one attached hydrogen (secondary N) is 1. The first-order valence-corrected chi connectivity index (χ1v) is 5.73. The predicted octanol–water partition coefficient (Wildman–Crippen LogP) is 2.07. The van der Waals surface area contributed by atoms with Crippen LogP contribution in [0.1, 0.15) is 0 Å². The number of aryl methyl sites for hydroxylation is 1. The first kappa shape index (κ1) is 8.12. The van der Waals surface area contributed by atoms with Crippen LogP contribution in [0.15, 0.2) is 41.7 Å². The molecule has 1 aromatic carbocycles. The van der Waals surface area contributed by atoms with Crippen molar-refractivity contribution in [2.45, 2.75) is 11.7 Å². The summed E-state index contributed by atoms with van der Waals surface area (Å²) in [7, 11) is 0. The smallest absolute Gasteiger partial charge is 0.231 e. The van der Waals surface area contributed by atoms with Crippen molar-refractivity contribution in [1.29, 1.82) is 0 Å². The van der Waals surface area contributed by atoms with Gasteiger partial charge in [0.25, 0.3) is 0 Å². The van der Waals surface area contributed by atoms with E-state index < -0.39 is 0 Å². The molecule has 2 aromatic rings. The van der Waals surface area contributed by atoms with Crippen LogP contribution < -0.4 is 4.57 Å². The molecule has 3 rings (SSSR count). The first-order chi connectivity index (χ1) is 6.93. The second kappa shape index (κ2) is 3.17. The number of hydrogen-bond acceptors (Lipinski definition) is 1. The Balaban J connectivity index is 2.06. The minimum Gasteiger partial charge on any atom is -0.231 e. The van der Waals surface area contributed by atoms with E-state index >= 15 is 0 Å². The van der Waals surface area contributed by atoms with Gasteiger partial charge >= 0.3 is 5.16 Å². The van der Waals surface area contributed by atoms with Gasteiger partial charge in [-0.25, -0.2) is 9.55 Å². The molecule has 70 valence electrons. The van der Waals surface area contributed by atoms with E-state index in [4.69, 9.17) is 0 Å². The van der Waals surface area contributed by atoms with Crippen LogP contribution in [0.25, 0.3) is 11.3 Å². The fourth-order valence-electron chi connectivity index (χ4n) is 1.72. The fraction of sp³-hybridized carbons (Fsp3) is 0.182. The van der Waals surface area contributed by atoms with Gasteiger partial charge in [0.2, 0.25) is 0 Å². The molecule has 1 aromatic heterocycles. The number of fused-ring (bicyclic) bond motifs is 1. The SMILES string of the molecule is c1ccc(-c2c[n+]3c([nH]2)SCC3)cc1. The van der Waals surface area contributed by atoms with Crippen LogP contribution >= 0.6 is 11.8 Å². The van der Waals surface area contributed by atoms with Gasteiger partial charge < -0.3 is 0 Å². The summed E-state index contributed by atoms with van der Waals surface area (Å²) in [6.07, 6.45) is 2.20. The molecule has 2 nitrogen and oxygen atoms in total. The Kier molecular flexibility index (Phi) is 1.84. The molecule has 0 saturated carbocycles. The second-order valence-electron chi connectivity index (χ2n) is 3.38. The van der Waals surface area contributed by atoms with Crippen molar-refractivity contribution in [2.75, 3.05) is 5.75 Å². The molecule has 1 N–H and O–H groups in total. The molecule has 0 aliphatic carbocycles. The molecular formula is C11H11N2S+. The van der Waals surface area contributed by atoms with Crippen molar-refractivity contribution < 1.29 is 4.57 Å². The zero-order chi connectivity index (χ0) is 9.38. The van der Waals surface area contributed by atoms with Crippen molar-refractivity contribution in [3.05, 3.63) is 36.5 Å². The number of rotatable bonds is 1. The molecule has 14 heavy (non-hydrogen) atoms. The van der Waals surface area contributed by atoms with Crippen LogP contribution in [-0.4, -0.2) is 10.7 Å². The van der Waals surface area contributed by atoms with E-state index in [1.165, 1.54) is 22.2 Å². The lowest BCUT2D eigenvalue weighted by molar-refractivity contribution is -0.722. The highest BCUT2D eigenvalue weighted by Gasteiger charge is 2.22. The van der Waals surface area contributed by atoms with Gasteiger partial charge in [-0.05, 0) is 11.8 Å². The molecule has 1 aliphatic rings. The molecule has 2 heterocycles. The third-order valence-electron chi connectivity index (χ3n) is 2.44. The number of aromatic amines is 1. The van der Waals surface area contributed by atoms with E-state index in [0.717, 1.165) is 6.54 Å². The Morgan fingerprint density at radius 3 is 2.86 bits per heavy atom. The zero-order valence-corrected chi connectivity index (χ0v) is 8.55. The van der Waals surface area contributed by atoms with Gasteiger partial charge in [-0.3, -0.25) is 0 Å². The average Bonchev–Trinajstić information content (AvgIpc) is 2.78. The van der Waals surface area contributed by atoms with Gasteiger partial charge in [0.1, 0.15) is 12.7 Å². The van der Waals surface area contributed by atoms with Crippen LogP contribution in [0.2, 0.25) is 0 Å². The van der Waals surface area contributed by atoms with Gasteiger partial charge in [0.05, 0.1) is 0 Å². The van der Waals surface area contributed by atoms with Gasteiger partial charge in [-0.1, -0.05) is 30.3 Å². The van der Waals surface area contributed by atoms with Gasteiger partial charge in [-0.2, -0.15) is 0 Å². The Bertz CT molecular complexity index is 426. The standard InChI is InChI=1S/C11H10N2S/c1-2-4-9(5-3-1)10-8-13-6-7-14-11(13)12-10/h1-5,8H,6-7H2/p+1. The number of imidazole rings is 1. The summed E-state index contributed by atoms with van der Waals surface area (Å²) in [5, 5.41) is 1.28. The Morgan fingerprint density at radius 1 is 1.21 bits per heavy atom. The van der Waals surface area contributed by atoms with Crippen LogP contribution in [0.4, 0.5) is 0 Å². The number of benzene rings is 1.